The van der Waals surface area contributed by atoms with E-state index in [2.05, 4.69) is 4.90 Å². The lowest BCUT2D eigenvalue weighted by atomic mass is 10.0. The zero-order valence-electron chi connectivity index (χ0n) is 19.2. The summed E-state index contributed by atoms with van der Waals surface area (Å²) in [6.07, 6.45) is 3.01. The van der Waals surface area contributed by atoms with Gasteiger partial charge in [0, 0.05) is 43.0 Å². The van der Waals surface area contributed by atoms with Gasteiger partial charge in [0.2, 0.25) is 0 Å². The summed E-state index contributed by atoms with van der Waals surface area (Å²) in [6, 6.07) is 14.1. The Morgan fingerprint density at radius 3 is 2.55 bits per heavy atom. The normalized spacial score (nSPS) is 14.8. The van der Waals surface area contributed by atoms with Gasteiger partial charge < -0.3 is 18.8 Å². The van der Waals surface area contributed by atoms with Crippen LogP contribution in [0.2, 0.25) is 0 Å². The molecular weight excluding hydrogens is 423 g/mol. The number of carbonyl (C=O) groups is 1. The summed E-state index contributed by atoms with van der Waals surface area (Å²) in [5.41, 5.74) is 2.18. The monoisotopic (exact) mass is 452 g/mol. The Hall–Kier alpha value is -3.32. The molecule has 0 spiro atoms. The van der Waals surface area contributed by atoms with Crippen LogP contribution in [0.3, 0.4) is 0 Å². The van der Waals surface area contributed by atoms with E-state index in [1.54, 1.807) is 50.3 Å². The second-order valence-electron chi connectivity index (χ2n) is 8.27. The number of furan rings is 1. The van der Waals surface area contributed by atoms with Crippen molar-refractivity contribution < 1.29 is 23.1 Å². The number of hydrogen-bond donors (Lipinski definition) is 0. The summed E-state index contributed by atoms with van der Waals surface area (Å²) in [5, 5.41) is 0. The third kappa shape index (κ3) is 5.03. The van der Waals surface area contributed by atoms with Gasteiger partial charge in [0.25, 0.3) is 5.91 Å². The third-order valence-corrected chi connectivity index (χ3v) is 6.19. The van der Waals surface area contributed by atoms with Crippen LogP contribution in [0.4, 0.5) is 10.1 Å². The van der Waals surface area contributed by atoms with Gasteiger partial charge in [0.15, 0.2) is 5.76 Å². The van der Waals surface area contributed by atoms with Crippen LogP contribution in [0.1, 0.15) is 34.5 Å². The fourth-order valence-electron chi connectivity index (χ4n) is 4.30. The highest BCUT2D eigenvalue weighted by atomic mass is 19.1. The number of hydrogen-bond acceptors (Lipinski definition) is 5. The maximum Gasteiger partial charge on any atom is 0.294 e. The smallest absolute Gasteiger partial charge is 0.294 e. The lowest BCUT2D eigenvalue weighted by Gasteiger charge is -2.38. The average molecular weight is 453 g/mol. The van der Waals surface area contributed by atoms with Gasteiger partial charge in [-0.2, -0.15) is 0 Å². The molecule has 0 bridgehead atoms. The highest BCUT2D eigenvalue weighted by Crippen LogP contribution is 2.30. The first-order valence-electron chi connectivity index (χ1n) is 11.1. The van der Waals surface area contributed by atoms with Crippen molar-refractivity contribution in [1.82, 2.24) is 4.90 Å². The molecule has 3 aromatic rings. The highest BCUT2D eigenvalue weighted by Gasteiger charge is 2.31. The summed E-state index contributed by atoms with van der Waals surface area (Å²) in [6.45, 7) is 4.06. The van der Waals surface area contributed by atoms with Gasteiger partial charge in [-0.25, -0.2) is 4.39 Å². The first-order chi connectivity index (χ1) is 16.0. The molecule has 1 amide bonds. The van der Waals surface area contributed by atoms with E-state index in [4.69, 9.17) is 13.9 Å². The number of carbonyl (C=O) groups excluding carboxylic acids is 1. The van der Waals surface area contributed by atoms with E-state index < -0.39 is 0 Å². The predicted octanol–water partition coefficient (Wildman–Crippen LogP) is 5.06. The first-order valence-corrected chi connectivity index (χ1v) is 11.1. The summed E-state index contributed by atoms with van der Waals surface area (Å²) >= 11 is 0. The molecule has 2 aromatic carbocycles. The van der Waals surface area contributed by atoms with Crippen LogP contribution in [-0.4, -0.2) is 44.2 Å². The molecule has 0 atom stereocenters. The molecule has 6 nitrogen and oxygen atoms in total. The Kier molecular flexibility index (Phi) is 6.99. The molecule has 0 aliphatic carbocycles. The second kappa shape index (κ2) is 10.1. The number of rotatable bonds is 7. The van der Waals surface area contributed by atoms with E-state index in [1.807, 2.05) is 18.2 Å². The summed E-state index contributed by atoms with van der Waals surface area (Å²) in [7, 11) is 3.29. The predicted molar refractivity (Wildman–Crippen MR) is 124 cm³/mol. The van der Waals surface area contributed by atoms with Crippen molar-refractivity contribution in [3.8, 4) is 11.5 Å². The Bertz CT molecular complexity index is 1090. The van der Waals surface area contributed by atoms with Crippen molar-refractivity contribution in [2.24, 2.45) is 0 Å². The summed E-state index contributed by atoms with van der Waals surface area (Å²) in [4.78, 5) is 17.3. The number of amides is 1. The number of aryl methyl sites for hydroxylation is 1. The molecule has 33 heavy (non-hydrogen) atoms. The molecule has 2 heterocycles. The Morgan fingerprint density at radius 1 is 1.12 bits per heavy atom. The molecule has 1 saturated heterocycles. The molecule has 7 heteroatoms. The number of nitrogens with zero attached hydrogens (tertiary/aromatic N) is 2. The Balaban J connectivity index is 1.50. The van der Waals surface area contributed by atoms with Crippen LogP contribution < -0.4 is 14.4 Å². The second-order valence-corrected chi connectivity index (χ2v) is 8.27. The molecule has 0 radical (unpaired) electrons. The molecule has 1 fully saturated rings. The zero-order valence-corrected chi connectivity index (χ0v) is 19.2. The van der Waals surface area contributed by atoms with Gasteiger partial charge >= 0.3 is 0 Å². The molecule has 0 N–H and O–H groups in total. The van der Waals surface area contributed by atoms with Crippen molar-refractivity contribution in [3.05, 3.63) is 77.5 Å². The number of anilines is 1. The van der Waals surface area contributed by atoms with E-state index in [0.29, 0.717) is 11.3 Å². The zero-order chi connectivity index (χ0) is 23.4. The van der Waals surface area contributed by atoms with Crippen LogP contribution >= 0.6 is 0 Å². The van der Waals surface area contributed by atoms with E-state index in [0.717, 1.165) is 49.5 Å². The van der Waals surface area contributed by atoms with Gasteiger partial charge in [-0.15, -0.1) is 0 Å². The molecule has 174 valence electrons. The number of halogens is 1. The standard InChI is InChI=1S/C26H29FN2O4/c1-18-6-8-21(15-23(18)27)29(26(30)24-5-4-14-33-24)20-10-12-28(13-11-20)17-19-7-9-22(31-2)16-25(19)32-3/h4-9,14-16,20H,10-13,17H2,1-3H3. The molecule has 4 rings (SSSR count). The van der Waals surface area contributed by atoms with E-state index in [-0.39, 0.29) is 23.5 Å². The number of ether oxygens (including phenoxy) is 2. The van der Waals surface area contributed by atoms with Crippen molar-refractivity contribution in [2.45, 2.75) is 32.4 Å². The Morgan fingerprint density at radius 2 is 1.91 bits per heavy atom. The molecule has 0 saturated carbocycles. The highest BCUT2D eigenvalue weighted by molar-refractivity contribution is 6.04. The number of piperidine rings is 1. The minimum atomic E-state index is -0.325. The van der Waals surface area contributed by atoms with Crippen LogP contribution in [0.25, 0.3) is 0 Å². The van der Waals surface area contributed by atoms with Gasteiger partial charge in [0.05, 0.1) is 20.5 Å². The maximum atomic E-state index is 14.4. The Labute approximate surface area is 193 Å². The van der Waals surface area contributed by atoms with Crippen LogP contribution in [0.5, 0.6) is 11.5 Å². The quantitative estimate of drug-likeness (QED) is 0.502. The van der Waals surface area contributed by atoms with Gasteiger partial charge in [0.1, 0.15) is 17.3 Å². The van der Waals surface area contributed by atoms with Crippen molar-refractivity contribution >= 4 is 11.6 Å². The lowest BCUT2D eigenvalue weighted by molar-refractivity contribution is 0.0931. The van der Waals surface area contributed by atoms with E-state index >= 15 is 0 Å². The summed E-state index contributed by atoms with van der Waals surface area (Å²) in [5.74, 6) is 1.22. The maximum absolute atomic E-state index is 14.4. The molecule has 1 aliphatic rings. The van der Waals surface area contributed by atoms with Crippen LogP contribution in [0, 0.1) is 12.7 Å². The average Bonchev–Trinajstić information content (AvgIpc) is 3.38. The number of likely N-dealkylation sites (tertiary alicyclic amines) is 1. The van der Waals surface area contributed by atoms with Crippen LogP contribution in [-0.2, 0) is 6.54 Å². The van der Waals surface area contributed by atoms with Crippen molar-refractivity contribution in [2.75, 3.05) is 32.2 Å². The first kappa shape index (κ1) is 22.9. The number of methoxy groups -OCH3 is 2. The molecule has 0 unspecified atom stereocenters. The van der Waals surface area contributed by atoms with Gasteiger partial charge in [-0.3, -0.25) is 9.69 Å². The lowest BCUT2D eigenvalue weighted by Crippen LogP contribution is -2.47. The topological polar surface area (TPSA) is 55.2 Å². The van der Waals surface area contributed by atoms with E-state index in [9.17, 15) is 9.18 Å². The minimum absolute atomic E-state index is 0.0567. The van der Waals surface area contributed by atoms with Gasteiger partial charge in [-0.05, 0) is 55.7 Å². The fourth-order valence-corrected chi connectivity index (χ4v) is 4.30. The molecular formula is C26H29FN2O4. The summed E-state index contributed by atoms with van der Waals surface area (Å²) < 4.78 is 30.5. The SMILES string of the molecule is COc1ccc(CN2CCC(N(C(=O)c3ccco3)c3ccc(C)c(F)c3)CC2)c(OC)c1. The fraction of sp³-hybridized carbons (Fsp3) is 0.346. The van der Waals surface area contributed by atoms with Crippen LogP contribution in [0.15, 0.2) is 59.2 Å². The largest absolute Gasteiger partial charge is 0.497 e. The number of benzene rings is 2. The molecule has 1 aromatic heterocycles. The minimum Gasteiger partial charge on any atom is -0.497 e. The van der Waals surface area contributed by atoms with Crippen molar-refractivity contribution in [1.29, 1.82) is 0 Å². The van der Waals surface area contributed by atoms with Crippen molar-refractivity contribution in [3.63, 3.8) is 0 Å². The van der Waals surface area contributed by atoms with E-state index in [1.165, 1.54) is 12.3 Å². The molecule has 1 aliphatic heterocycles. The third-order valence-electron chi connectivity index (χ3n) is 6.19. The van der Waals surface area contributed by atoms with Gasteiger partial charge in [-0.1, -0.05) is 12.1 Å².